The highest BCUT2D eigenvalue weighted by molar-refractivity contribution is 5.07. The summed E-state index contributed by atoms with van der Waals surface area (Å²) < 4.78 is 0. The van der Waals surface area contributed by atoms with Gasteiger partial charge in [0.25, 0.3) is 5.56 Å². The summed E-state index contributed by atoms with van der Waals surface area (Å²) in [5, 5.41) is 3.39. The molecule has 0 spiro atoms. The van der Waals surface area contributed by atoms with E-state index in [4.69, 9.17) is 4.98 Å². The number of hydrogen-bond acceptors (Lipinski definition) is 3. The SMILES string of the molecule is CC1(C)CCC(c2nc(CNC(C)(C)C)cc(=O)[nH]2)CC1. The molecular formula is C17H29N3O. The molecule has 0 unspecified atom stereocenters. The minimum Gasteiger partial charge on any atom is -0.310 e. The van der Waals surface area contributed by atoms with Gasteiger partial charge in [-0.2, -0.15) is 0 Å². The molecule has 0 saturated heterocycles. The van der Waals surface area contributed by atoms with Crippen molar-refractivity contribution in [1.82, 2.24) is 15.3 Å². The molecule has 2 rings (SSSR count). The van der Waals surface area contributed by atoms with Crippen LogP contribution in [0.15, 0.2) is 10.9 Å². The zero-order valence-corrected chi connectivity index (χ0v) is 14.0. The standard InChI is InChI=1S/C17H29N3O/c1-16(2,3)18-11-13-10-14(21)20-15(19-13)12-6-8-17(4,5)9-7-12/h10,12,18H,6-9,11H2,1-5H3,(H,19,20,21). The fourth-order valence-electron chi connectivity index (χ4n) is 2.84. The first-order valence-corrected chi connectivity index (χ1v) is 8.00. The van der Waals surface area contributed by atoms with E-state index in [1.54, 1.807) is 6.07 Å². The zero-order valence-electron chi connectivity index (χ0n) is 14.0. The lowest BCUT2D eigenvalue weighted by atomic mass is 9.73. The third kappa shape index (κ3) is 4.95. The van der Waals surface area contributed by atoms with Gasteiger partial charge in [-0.15, -0.1) is 0 Å². The van der Waals surface area contributed by atoms with Gasteiger partial charge in [-0.25, -0.2) is 4.98 Å². The average Bonchev–Trinajstić information content (AvgIpc) is 2.35. The van der Waals surface area contributed by atoms with Gasteiger partial charge in [0.15, 0.2) is 0 Å². The smallest absolute Gasteiger partial charge is 0.251 e. The molecule has 0 aliphatic heterocycles. The van der Waals surface area contributed by atoms with Crippen molar-refractivity contribution in [3.8, 4) is 0 Å². The number of nitrogens with one attached hydrogen (secondary N) is 2. The van der Waals surface area contributed by atoms with Crippen LogP contribution in [0.4, 0.5) is 0 Å². The molecule has 1 aromatic heterocycles. The Bertz CT molecular complexity index is 530. The highest BCUT2D eigenvalue weighted by Gasteiger charge is 2.28. The first-order chi connectivity index (χ1) is 9.65. The summed E-state index contributed by atoms with van der Waals surface area (Å²) in [6.07, 6.45) is 4.63. The Balaban J connectivity index is 2.10. The number of H-pyrrole nitrogens is 1. The number of nitrogens with zero attached hydrogens (tertiary/aromatic N) is 1. The van der Waals surface area contributed by atoms with Crippen molar-refractivity contribution in [3.63, 3.8) is 0 Å². The van der Waals surface area contributed by atoms with Crippen LogP contribution in [-0.4, -0.2) is 15.5 Å². The summed E-state index contributed by atoms with van der Waals surface area (Å²) >= 11 is 0. The Morgan fingerprint density at radius 1 is 1.33 bits per heavy atom. The van der Waals surface area contributed by atoms with Crippen LogP contribution in [0.5, 0.6) is 0 Å². The van der Waals surface area contributed by atoms with Crippen molar-refractivity contribution in [1.29, 1.82) is 0 Å². The monoisotopic (exact) mass is 291 g/mol. The summed E-state index contributed by atoms with van der Waals surface area (Å²) in [6, 6.07) is 1.61. The zero-order chi connectivity index (χ0) is 15.7. The lowest BCUT2D eigenvalue weighted by molar-refractivity contribution is 0.220. The Hall–Kier alpha value is -1.16. The maximum atomic E-state index is 11.9. The molecular weight excluding hydrogens is 262 g/mol. The number of aromatic amines is 1. The Morgan fingerprint density at radius 3 is 2.52 bits per heavy atom. The fourth-order valence-corrected chi connectivity index (χ4v) is 2.84. The van der Waals surface area contributed by atoms with E-state index < -0.39 is 0 Å². The largest absolute Gasteiger partial charge is 0.310 e. The van der Waals surface area contributed by atoms with Crippen molar-refractivity contribution in [2.24, 2.45) is 5.41 Å². The average molecular weight is 291 g/mol. The fraction of sp³-hybridized carbons (Fsp3) is 0.765. The minimum absolute atomic E-state index is 0.0271. The second kappa shape index (κ2) is 5.91. The number of aromatic nitrogens is 2. The maximum Gasteiger partial charge on any atom is 0.251 e. The van der Waals surface area contributed by atoms with Crippen molar-refractivity contribution in [2.45, 2.75) is 78.3 Å². The van der Waals surface area contributed by atoms with Gasteiger partial charge < -0.3 is 10.3 Å². The van der Waals surface area contributed by atoms with Crippen LogP contribution in [0.3, 0.4) is 0 Å². The van der Waals surface area contributed by atoms with E-state index >= 15 is 0 Å². The Morgan fingerprint density at radius 2 is 1.95 bits per heavy atom. The summed E-state index contributed by atoms with van der Waals surface area (Å²) in [5.74, 6) is 1.28. The topological polar surface area (TPSA) is 57.8 Å². The van der Waals surface area contributed by atoms with Crippen molar-refractivity contribution in [3.05, 3.63) is 27.9 Å². The molecule has 1 aliphatic rings. The van der Waals surface area contributed by atoms with Crippen LogP contribution in [0.1, 0.15) is 77.7 Å². The molecule has 1 saturated carbocycles. The first kappa shape index (κ1) is 16.2. The van der Waals surface area contributed by atoms with Crippen LogP contribution in [0.2, 0.25) is 0 Å². The van der Waals surface area contributed by atoms with Crippen molar-refractivity contribution < 1.29 is 0 Å². The minimum atomic E-state index is -0.0319. The summed E-state index contributed by atoms with van der Waals surface area (Å²) in [5.41, 5.74) is 1.27. The van der Waals surface area contributed by atoms with Gasteiger partial charge in [0.05, 0.1) is 5.69 Å². The molecule has 118 valence electrons. The molecule has 2 N–H and O–H groups in total. The first-order valence-electron chi connectivity index (χ1n) is 8.00. The van der Waals surface area contributed by atoms with E-state index in [0.717, 1.165) is 24.4 Å². The molecule has 0 radical (unpaired) electrons. The molecule has 4 nitrogen and oxygen atoms in total. The predicted molar refractivity (Wildman–Crippen MR) is 86.4 cm³/mol. The molecule has 0 atom stereocenters. The van der Waals surface area contributed by atoms with Crippen molar-refractivity contribution >= 4 is 0 Å². The van der Waals surface area contributed by atoms with Crippen LogP contribution in [-0.2, 0) is 6.54 Å². The number of rotatable bonds is 3. The highest BCUT2D eigenvalue weighted by atomic mass is 16.1. The van der Waals surface area contributed by atoms with E-state index in [2.05, 4.69) is 44.9 Å². The summed E-state index contributed by atoms with van der Waals surface area (Å²) in [6.45, 7) is 11.6. The second-order valence-corrected chi connectivity index (χ2v) is 8.16. The highest BCUT2D eigenvalue weighted by Crippen LogP contribution is 2.41. The molecule has 1 fully saturated rings. The second-order valence-electron chi connectivity index (χ2n) is 8.16. The Kier molecular flexibility index (Phi) is 4.57. The van der Waals surface area contributed by atoms with E-state index in [-0.39, 0.29) is 11.1 Å². The van der Waals surface area contributed by atoms with Crippen LogP contribution >= 0.6 is 0 Å². The van der Waals surface area contributed by atoms with Crippen molar-refractivity contribution in [2.75, 3.05) is 0 Å². The molecule has 0 aromatic carbocycles. The van der Waals surface area contributed by atoms with Gasteiger partial charge in [0.1, 0.15) is 5.82 Å². The number of hydrogen-bond donors (Lipinski definition) is 2. The van der Waals surface area contributed by atoms with Crippen LogP contribution in [0.25, 0.3) is 0 Å². The predicted octanol–water partition coefficient (Wildman–Crippen LogP) is 3.34. The molecule has 1 aromatic rings. The van der Waals surface area contributed by atoms with Gasteiger partial charge >= 0.3 is 0 Å². The van der Waals surface area contributed by atoms with E-state index in [9.17, 15) is 4.79 Å². The van der Waals surface area contributed by atoms with Gasteiger partial charge in [0, 0.05) is 24.1 Å². The summed E-state index contributed by atoms with van der Waals surface area (Å²) in [4.78, 5) is 19.5. The maximum absolute atomic E-state index is 11.9. The Labute approximate surface area is 127 Å². The molecule has 1 heterocycles. The van der Waals surface area contributed by atoms with Gasteiger partial charge in [-0.05, 0) is 51.9 Å². The van der Waals surface area contributed by atoms with E-state index in [0.29, 0.717) is 17.9 Å². The quantitative estimate of drug-likeness (QED) is 0.898. The molecule has 0 amide bonds. The third-order valence-electron chi connectivity index (χ3n) is 4.34. The van der Waals surface area contributed by atoms with Gasteiger partial charge in [-0.1, -0.05) is 13.8 Å². The van der Waals surface area contributed by atoms with E-state index in [1.807, 2.05) is 0 Å². The molecule has 4 heteroatoms. The summed E-state index contributed by atoms with van der Waals surface area (Å²) in [7, 11) is 0. The van der Waals surface area contributed by atoms with Crippen LogP contribution in [0, 0.1) is 5.41 Å². The van der Waals surface area contributed by atoms with Gasteiger partial charge in [-0.3, -0.25) is 4.79 Å². The molecule has 0 bridgehead atoms. The normalized spacial score (nSPS) is 19.7. The van der Waals surface area contributed by atoms with E-state index in [1.165, 1.54) is 12.8 Å². The molecule has 1 aliphatic carbocycles. The molecule has 21 heavy (non-hydrogen) atoms. The van der Waals surface area contributed by atoms with Gasteiger partial charge in [0.2, 0.25) is 0 Å². The lowest BCUT2D eigenvalue weighted by Gasteiger charge is -2.33. The lowest BCUT2D eigenvalue weighted by Crippen LogP contribution is -2.36. The van der Waals surface area contributed by atoms with Crippen LogP contribution < -0.4 is 10.9 Å². The third-order valence-corrected chi connectivity index (χ3v) is 4.34.